The highest BCUT2D eigenvalue weighted by atomic mass is 16.5. The number of hydrogen-bond acceptors (Lipinski definition) is 7. The summed E-state index contributed by atoms with van der Waals surface area (Å²) in [6, 6.07) is 13.3. The van der Waals surface area contributed by atoms with E-state index in [0.717, 1.165) is 67.2 Å². The highest BCUT2D eigenvalue weighted by Crippen LogP contribution is 2.41. The fraction of sp³-hybridized carbons (Fsp3) is 0.448. The molecule has 1 aliphatic carbocycles. The molecule has 0 spiro atoms. The van der Waals surface area contributed by atoms with Gasteiger partial charge in [0.15, 0.2) is 11.2 Å². The summed E-state index contributed by atoms with van der Waals surface area (Å²) >= 11 is 0. The maximum Gasteiger partial charge on any atom is 0.245 e. The summed E-state index contributed by atoms with van der Waals surface area (Å²) in [6.45, 7) is 6.97. The molecular weight excluding hydrogens is 462 g/mol. The lowest BCUT2D eigenvalue weighted by molar-refractivity contribution is 0.194. The van der Waals surface area contributed by atoms with Crippen molar-refractivity contribution in [2.24, 2.45) is 0 Å². The summed E-state index contributed by atoms with van der Waals surface area (Å²) in [6.07, 6.45) is 7.94. The Morgan fingerprint density at radius 3 is 2.49 bits per heavy atom. The summed E-state index contributed by atoms with van der Waals surface area (Å²) in [4.78, 5) is 23.8. The quantitative estimate of drug-likeness (QED) is 0.366. The monoisotopic (exact) mass is 497 g/mol. The van der Waals surface area contributed by atoms with Gasteiger partial charge in [0.1, 0.15) is 23.6 Å². The van der Waals surface area contributed by atoms with E-state index in [-0.39, 0.29) is 5.60 Å². The van der Waals surface area contributed by atoms with Crippen LogP contribution in [0.25, 0.3) is 22.6 Å². The van der Waals surface area contributed by atoms with E-state index in [2.05, 4.69) is 82.6 Å². The average Bonchev–Trinajstić information content (AvgIpc) is 3.52. The molecule has 1 saturated heterocycles. The van der Waals surface area contributed by atoms with E-state index in [0.29, 0.717) is 24.0 Å². The van der Waals surface area contributed by atoms with Crippen molar-refractivity contribution in [1.29, 1.82) is 0 Å². The fourth-order valence-corrected chi connectivity index (χ4v) is 5.18. The van der Waals surface area contributed by atoms with Gasteiger partial charge >= 0.3 is 0 Å². The summed E-state index contributed by atoms with van der Waals surface area (Å²) in [5.74, 6) is 2.44. The van der Waals surface area contributed by atoms with Gasteiger partial charge in [-0.05, 0) is 70.8 Å². The van der Waals surface area contributed by atoms with E-state index in [4.69, 9.17) is 14.7 Å². The minimum Gasteiger partial charge on any atom is -0.470 e. The molecule has 8 heteroatoms. The average molecular weight is 498 g/mol. The van der Waals surface area contributed by atoms with Crippen molar-refractivity contribution in [3.63, 3.8) is 0 Å². The third-order valence-corrected chi connectivity index (χ3v) is 7.84. The van der Waals surface area contributed by atoms with E-state index in [1.165, 1.54) is 5.56 Å². The van der Waals surface area contributed by atoms with Gasteiger partial charge in [0.05, 0.1) is 6.54 Å². The molecule has 0 amide bonds. The molecular formula is C29H35N7O. The predicted molar refractivity (Wildman–Crippen MR) is 146 cm³/mol. The highest BCUT2D eigenvalue weighted by molar-refractivity contribution is 5.82. The molecule has 6 rings (SSSR count). The Morgan fingerprint density at radius 1 is 1.05 bits per heavy atom. The van der Waals surface area contributed by atoms with Gasteiger partial charge in [0, 0.05) is 30.9 Å². The summed E-state index contributed by atoms with van der Waals surface area (Å²) in [5.41, 5.74) is 4.67. The van der Waals surface area contributed by atoms with Crippen LogP contribution in [0.3, 0.4) is 0 Å². The Labute approximate surface area is 218 Å². The van der Waals surface area contributed by atoms with Crippen LogP contribution in [-0.4, -0.2) is 68.2 Å². The first kappa shape index (κ1) is 23.9. The van der Waals surface area contributed by atoms with Crippen molar-refractivity contribution in [2.75, 3.05) is 32.1 Å². The number of nitrogens with zero attached hydrogens (tertiary/aromatic N) is 7. The number of fused-ring (bicyclic) bond motifs is 1. The van der Waals surface area contributed by atoms with Gasteiger partial charge in [-0.15, -0.1) is 0 Å². The number of aryl methyl sites for hydroxylation is 1. The van der Waals surface area contributed by atoms with Crippen LogP contribution in [-0.2, 0) is 6.54 Å². The molecule has 8 nitrogen and oxygen atoms in total. The zero-order valence-electron chi connectivity index (χ0n) is 22.2. The van der Waals surface area contributed by atoms with Crippen molar-refractivity contribution < 1.29 is 4.74 Å². The first-order valence-electron chi connectivity index (χ1n) is 13.2. The molecule has 192 valence electrons. The first-order valence-corrected chi connectivity index (χ1v) is 13.2. The van der Waals surface area contributed by atoms with Gasteiger partial charge in [0.25, 0.3) is 0 Å². The van der Waals surface area contributed by atoms with Crippen molar-refractivity contribution in [2.45, 2.75) is 57.7 Å². The molecule has 0 unspecified atom stereocenters. The molecule has 4 heterocycles. The molecule has 1 aliphatic heterocycles. The maximum absolute atomic E-state index is 6.28. The molecule has 1 aromatic carbocycles. The maximum atomic E-state index is 6.28. The molecule has 0 atom stereocenters. The SMILES string of the molecule is Cc1cc(N2CCC(N(C)C)CC2)ncc1-c1nc2c(OC3(C)CC3)ncnc2n1Cc1ccccc1. The molecule has 0 radical (unpaired) electrons. The van der Waals surface area contributed by atoms with Crippen molar-refractivity contribution in [3.05, 3.63) is 60.0 Å². The van der Waals surface area contributed by atoms with Crippen molar-refractivity contribution in [3.8, 4) is 17.3 Å². The molecule has 3 aromatic heterocycles. The van der Waals surface area contributed by atoms with E-state index >= 15 is 0 Å². The van der Waals surface area contributed by atoms with Crippen LogP contribution in [0.2, 0.25) is 0 Å². The topological polar surface area (TPSA) is 72.2 Å². The number of aromatic nitrogens is 5. The molecule has 2 aliphatic rings. The van der Waals surface area contributed by atoms with Crippen molar-refractivity contribution >= 4 is 17.0 Å². The second kappa shape index (κ2) is 9.41. The fourth-order valence-electron chi connectivity index (χ4n) is 5.18. The Hall–Kier alpha value is -3.52. The van der Waals surface area contributed by atoms with Gasteiger partial charge in [0.2, 0.25) is 5.88 Å². The van der Waals surface area contributed by atoms with Gasteiger partial charge in [-0.25, -0.2) is 15.0 Å². The third kappa shape index (κ3) is 4.78. The normalized spacial score (nSPS) is 17.5. The van der Waals surface area contributed by atoms with Gasteiger partial charge < -0.3 is 19.1 Å². The van der Waals surface area contributed by atoms with E-state index in [9.17, 15) is 0 Å². The first-order chi connectivity index (χ1) is 17.9. The number of benzene rings is 1. The van der Waals surface area contributed by atoms with E-state index in [1.54, 1.807) is 6.33 Å². The zero-order chi connectivity index (χ0) is 25.6. The van der Waals surface area contributed by atoms with Crippen LogP contribution in [0.1, 0.15) is 43.7 Å². The Bertz CT molecular complexity index is 1400. The number of ether oxygens (including phenoxy) is 1. The number of hydrogen-bond donors (Lipinski definition) is 0. The summed E-state index contributed by atoms with van der Waals surface area (Å²) in [5, 5.41) is 0. The minimum absolute atomic E-state index is 0.149. The van der Waals surface area contributed by atoms with Gasteiger partial charge in [-0.1, -0.05) is 30.3 Å². The van der Waals surface area contributed by atoms with Crippen LogP contribution in [0, 0.1) is 6.92 Å². The van der Waals surface area contributed by atoms with Crippen LogP contribution in [0.4, 0.5) is 5.82 Å². The number of imidazole rings is 1. The second-order valence-corrected chi connectivity index (χ2v) is 10.9. The van der Waals surface area contributed by atoms with Crippen LogP contribution < -0.4 is 9.64 Å². The van der Waals surface area contributed by atoms with Gasteiger partial charge in [-0.2, -0.15) is 4.98 Å². The van der Waals surface area contributed by atoms with Gasteiger partial charge in [-0.3, -0.25) is 0 Å². The molecule has 4 aromatic rings. The number of rotatable bonds is 7. The summed E-state index contributed by atoms with van der Waals surface area (Å²) in [7, 11) is 4.34. The summed E-state index contributed by atoms with van der Waals surface area (Å²) < 4.78 is 8.45. The second-order valence-electron chi connectivity index (χ2n) is 10.9. The van der Waals surface area contributed by atoms with Crippen LogP contribution in [0.5, 0.6) is 5.88 Å². The largest absolute Gasteiger partial charge is 0.470 e. The number of pyridine rings is 1. The number of anilines is 1. The predicted octanol–water partition coefficient (Wildman–Crippen LogP) is 4.71. The molecule has 0 bridgehead atoms. The lowest BCUT2D eigenvalue weighted by atomic mass is 10.0. The highest BCUT2D eigenvalue weighted by Gasteiger charge is 2.41. The lowest BCUT2D eigenvalue weighted by Gasteiger charge is -2.36. The molecule has 2 fully saturated rings. The zero-order valence-corrected chi connectivity index (χ0v) is 22.2. The van der Waals surface area contributed by atoms with Crippen LogP contribution in [0.15, 0.2) is 48.9 Å². The molecule has 37 heavy (non-hydrogen) atoms. The van der Waals surface area contributed by atoms with E-state index < -0.39 is 0 Å². The smallest absolute Gasteiger partial charge is 0.245 e. The van der Waals surface area contributed by atoms with E-state index in [1.807, 2.05) is 12.3 Å². The molecule has 0 N–H and O–H groups in total. The van der Waals surface area contributed by atoms with Crippen molar-refractivity contribution in [1.82, 2.24) is 29.4 Å². The standard InChI is InChI=1S/C29H35N7O/c1-20-16-24(35-14-10-22(11-15-35)34(3)4)30-17-23(20)26-33-25-27(36(26)18-21-8-6-5-7-9-21)31-19-32-28(25)37-29(2)12-13-29/h5-9,16-17,19,22H,10-15,18H2,1-4H3. The minimum atomic E-state index is -0.149. The number of piperidine rings is 1. The Balaban J connectivity index is 1.38. The van der Waals surface area contributed by atoms with Crippen LogP contribution >= 0.6 is 0 Å². The lowest BCUT2D eigenvalue weighted by Crippen LogP contribution is -2.42. The Morgan fingerprint density at radius 2 is 1.81 bits per heavy atom. The Kier molecular flexibility index (Phi) is 6.07. The third-order valence-electron chi connectivity index (χ3n) is 7.84. The molecule has 1 saturated carbocycles.